The summed E-state index contributed by atoms with van der Waals surface area (Å²) in [4.78, 5) is 16.6. The first-order valence-electron chi connectivity index (χ1n) is 5.35. The molecular formula is C11H14N4OS. The molecule has 0 aliphatic heterocycles. The zero-order valence-electron chi connectivity index (χ0n) is 9.75. The lowest BCUT2D eigenvalue weighted by molar-refractivity contribution is 0.0939. The highest BCUT2D eigenvalue weighted by atomic mass is 32.1. The average Bonchev–Trinajstić information content (AvgIpc) is 2.88. The number of nitrogens with one attached hydrogen (secondary N) is 1. The maximum Gasteiger partial charge on any atom is 0.263 e. The van der Waals surface area contributed by atoms with Gasteiger partial charge >= 0.3 is 0 Å². The van der Waals surface area contributed by atoms with Crippen LogP contribution in [0.4, 0.5) is 0 Å². The fourth-order valence-electron chi connectivity index (χ4n) is 1.54. The minimum atomic E-state index is -0.0651. The van der Waals surface area contributed by atoms with Gasteiger partial charge in [-0.05, 0) is 19.9 Å². The molecule has 1 amide bonds. The third-order valence-corrected chi connectivity index (χ3v) is 3.28. The highest BCUT2D eigenvalue weighted by Gasteiger charge is 2.14. The van der Waals surface area contributed by atoms with Gasteiger partial charge in [0.15, 0.2) is 0 Å². The molecule has 0 bridgehead atoms. The van der Waals surface area contributed by atoms with Crippen molar-refractivity contribution in [2.45, 2.75) is 26.4 Å². The van der Waals surface area contributed by atoms with Gasteiger partial charge < -0.3 is 5.32 Å². The second kappa shape index (κ2) is 5.09. The van der Waals surface area contributed by atoms with Gasteiger partial charge in [0.05, 0.1) is 17.7 Å². The van der Waals surface area contributed by atoms with Crippen LogP contribution in [-0.4, -0.2) is 26.7 Å². The van der Waals surface area contributed by atoms with E-state index in [9.17, 15) is 4.79 Å². The van der Waals surface area contributed by atoms with E-state index in [0.29, 0.717) is 11.4 Å². The molecule has 0 saturated heterocycles. The molecule has 2 heterocycles. The number of rotatable bonds is 4. The summed E-state index contributed by atoms with van der Waals surface area (Å²) in [7, 11) is 0. The highest BCUT2D eigenvalue weighted by molar-refractivity contribution is 7.11. The third-order valence-electron chi connectivity index (χ3n) is 2.35. The summed E-state index contributed by atoms with van der Waals surface area (Å²) in [5.74, 6) is -0.0651. The molecule has 0 unspecified atom stereocenters. The number of aryl methyl sites for hydroxylation is 1. The summed E-state index contributed by atoms with van der Waals surface area (Å²) in [6, 6.07) is 1.89. The van der Waals surface area contributed by atoms with Gasteiger partial charge in [-0.15, -0.1) is 11.3 Å². The van der Waals surface area contributed by atoms with Crippen LogP contribution in [0, 0.1) is 6.92 Å². The number of thiazole rings is 1. The van der Waals surface area contributed by atoms with E-state index in [0.717, 1.165) is 5.69 Å². The van der Waals surface area contributed by atoms with Crippen LogP contribution in [0.1, 0.15) is 22.3 Å². The van der Waals surface area contributed by atoms with Crippen molar-refractivity contribution in [2.24, 2.45) is 0 Å². The molecule has 2 rings (SSSR count). The molecular weight excluding hydrogens is 236 g/mol. The standard InChI is InChI=1S/C11H14N4OS/c1-8(6-15-5-3-4-13-15)14-11(16)10-9(2)12-7-17-10/h3-5,7-8H,6H2,1-2H3,(H,14,16)/t8-/m0/s1. The van der Waals surface area contributed by atoms with Crippen LogP contribution >= 0.6 is 11.3 Å². The fourth-order valence-corrected chi connectivity index (χ4v) is 2.25. The number of aromatic nitrogens is 3. The van der Waals surface area contributed by atoms with Crippen molar-refractivity contribution in [3.8, 4) is 0 Å². The quantitative estimate of drug-likeness (QED) is 0.893. The summed E-state index contributed by atoms with van der Waals surface area (Å²) in [6.45, 7) is 4.45. The molecule has 6 heteroatoms. The van der Waals surface area contributed by atoms with Crippen molar-refractivity contribution in [1.29, 1.82) is 0 Å². The monoisotopic (exact) mass is 250 g/mol. The number of carbonyl (C=O) groups is 1. The smallest absolute Gasteiger partial charge is 0.263 e. The van der Waals surface area contributed by atoms with Crippen LogP contribution in [0.25, 0.3) is 0 Å². The number of amides is 1. The Hall–Kier alpha value is -1.69. The summed E-state index contributed by atoms with van der Waals surface area (Å²) in [5.41, 5.74) is 2.46. The first-order valence-corrected chi connectivity index (χ1v) is 6.23. The van der Waals surface area contributed by atoms with Crippen molar-refractivity contribution < 1.29 is 4.79 Å². The van der Waals surface area contributed by atoms with Gasteiger partial charge in [-0.1, -0.05) is 0 Å². The number of hydrogen-bond acceptors (Lipinski definition) is 4. The van der Waals surface area contributed by atoms with E-state index in [1.807, 2.05) is 26.1 Å². The lowest BCUT2D eigenvalue weighted by atomic mass is 10.3. The third kappa shape index (κ3) is 2.91. The lowest BCUT2D eigenvalue weighted by Crippen LogP contribution is -2.35. The molecule has 2 aromatic heterocycles. The summed E-state index contributed by atoms with van der Waals surface area (Å²) in [5, 5.41) is 7.03. The van der Waals surface area contributed by atoms with Gasteiger partial charge in [0.25, 0.3) is 5.91 Å². The van der Waals surface area contributed by atoms with Crippen LogP contribution in [-0.2, 0) is 6.54 Å². The fraction of sp³-hybridized carbons (Fsp3) is 0.364. The molecule has 0 aliphatic rings. The van der Waals surface area contributed by atoms with Crippen LogP contribution in [0.15, 0.2) is 24.0 Å². The predicted molar refractivity (Wildman–Crippen MR) is 66.0 cm³/mol. The van der Waals surface area contributed by atoms with Crippen molar-refractivity contribution >= 4 is 17.2 Å². The SMILES string of the molecule is Cc1ncsc1C(=O)N[C@@H](C)Cn1cccn1. The maximum atomic E-state index is 11.9. The first-order chi connectivity index (χ1) is 8.16. The van der Waals surface area contributed by atoms with Crippen LogP contribution in [0.5, 0.6) is 0 Å². The maximum absolute atomic E-state index is 11.9. The Labute approximate surface area is 103 Å². The summed E-state index contributed by atoms with van der Waals surface area (Å²) < 4.78 is 1.80. The van der Waals surface area contributed by atoms with Crippen molar-refractivity contribution in [3.05, 3.63) is 34.5 Å². The molecule has 0 radical (unpaired) electrons. The van der Waals surface area contributed by atoms with Gasteiger partial charge in [-0.25, -0.2) is 4.98 Å². The van der Waals surface area contributed by atoms with Crippen LogP contribution in [0.2, 0.25) is 0 Å². The van der Waals surface area contributed by atoms with Crippen LogP contribution < -0.4 is 5.32 Å². The first kappa shape index (κ1) is 11.8. The Morgan fingerprint density at radius 3 is 3.06 bits per heavy atom. The topological polar surface area (TPSA) is 59.8 Å². The Morgan fingerprint density at radius 2 is 2.47 bits per heavy atom. The number of hydrogen-bond donors (Lipinski definition) is 1. The molecule has 2 aromatic rings. The van der Waals surface area contributed by atoms with E-state index in [2.05, 4.69) is 15.4 Å². The molecule has 0 aliphatic carbocycles. The molecule has 0 spiro atoms. The zero-order valence-corrected chi connectivity index (χ0v) is 10.6. The van der Waals surface area contributed by atoms with Crippen LogP contribution in [0.3, 0.4) is 0 Å². The number of nitrogens with zero attached hydrogens (tertiary/aromatic N) is 3. The van der Waals surface area contributed by atoms with Crippen molar-refractivity contribution in [2.75, 3.05) is 0 Å². The minimum Gasteiger partial charge on any atom is -0.347 e. The van der Waals surface area contributed by atoms with E-state index in [4.69, 9.17) is 0 Å². The molecule has 17 heavy (non-hydrogen) atoms. The molecule has 0 saturated carbocycles. The summed E-state index contributed by atoms with van der Waals surface area (Å²) >= 11 is 1.36. The lowest BCUT2D eigenvalue weighted by Gasteiger charge is -2.13. The van der Waals surface area contributed by atoms with Gasteiger partial charge in [-0.2, -0.15) is 5.10 Å². The van der Waals surface area contributed by atoms with E-state index >= 15 is 0 Å². The van der Waals surface area contributed by atoms with Gasteiger partial charge in [0, 0.05) is 18.4 Å². The molecule has 0 fully saturated rings. The second-order valence-electron chi connectivity index (χ2n) is 3.87. The Morgan fingerprint density at radius 1 is 1.65 bits per heavy atom. The molecule has 90 valence electrons. The zero-order chi connectivity index (χ0) is 12.3. The Balaban J connectivity index is 1.93. The van der Waals surface area contributed by atoms with E-state index in [-0.39, 0.29) is 11.9 Å². The Bertz CT molecular complexity index is 491. The van der Waals surface area contributed by atoms with Crippen molar-refractivity contribution in [1.82, 2.24) is 20.1 Å². The second-order valence-corrected chi connectivity index (χ2v) is 4.72. The summed E-state index contributed by atoms with van der Waals surface area (Å²) in [6.07, 6.45) is 3.60. The van der Waals surface area contributed by atoms with E-state index < -0.39 is 0 Å². The molecule has 1 N–H and O–H groups in total. The van der Waals surface area contributed by atoms with Gasteiger partial charge in [-0.3, -0.25) is 9.48 Å². The molecule has 0 aromatic carbocycles. The van der Waals surface area contributed by atoms with E-state index in [1.165, 1.54) is 11.3 Å². The van der Waals surface area contributed by atoms with Gasteiger partial charge in [0.1, 0.15) is 4.88 Å². The average molecular weight is 250 g/mol. The van der Waals surface area contributed by atoms with E-state index in [1.54, 1.807) is 16.4 Å². The Kier molecular flexibility index (Phi) is 3.53. The van der Waals surface area contributed by atoms with Gasteiger partial charge in [0.2, 0.25) is 0 Å². The van der Waals surface area contributed by atoms with Crippen molar-refractivity contribution in [3.63, 3.8) is 0 Å². The normalized spacial score (nSPS) is 12.4. The molecule has 1 atom stereocenters. The number of carbonyl (C=O) groups excluding carboxylic acids is 1. The molecule has 5 nitrogen and oxygen atoms in total. The predicted octanol–water partition coefficient (Wildman–Crippen LogP) is 1.47. The highest BCUT2D eigenvalue weighted by Crippen LogP contribution is 2.11. The largest absolute Gasteiger partial charge is 0.347 e. The minimum absolute atomic E-state index is 0.0314.